The summed E-state index contributed by atoms with van der Waals surface area (Å²) in [4.78, 5) is 12.4. The molecule has 0 heterocycles. The Labute approximate surface area is 92.6 Å². The van der Waals surface area contributed by atoms with E-state index in [-0.39, 0.29) is 5.41 Å². The number of rotatable bonds is 0. The first kappa shape index (κ1) is 9.86. The SMILES string of the molecule is CC1(C)CCC[C@@H]2C(=O)[C@@]3(C)CC[C@]21C3. The molecule has 1 spiro atoms. The van der Waals surface area contributed by atoms with Gasteiger partial charge < -0.3 is 0 Å². The van der Waals surface area contributed by atoms with Crippen molar-refractivity contribution >= 4 is 5.78 Å². The van der Waals surface area contributed by atoms with Gasteiger partial charge in [-0.25, -0.2) is 0 Å². The molecular formula is C14H22O. The van der Waals surface area contributed by atoms with Crippen molar-refractivity contribution in [3.63, 3.8) is 0 Å². The van der Waals surface area contributed by atoms with Crippen molar-refractivity contribution < 1.29 is 4.79 Å². The molecule has 3 rings (SSSR count). The summed E-state index contributed by atoms with van der Waals surface area (Å²) in [6.45, 7) is 7.03. The van der Waals surface area contributed by atoms with Gasteiger partial charge >= 0.3 is 0 Å². The number of Topliss-reactive ketones (excluding diaryl/α,β-unsaturated/α-hetero) is 1. The van der Waals surface area contributed by atoms with Gasteiger partial charge in [0, 0.05) is 11.3 Å². The summed E-state index contributed by atoms with van der Waals surface area (Å²) in [5.74, 6) is 1.03. The van der Waals surface area contributed by atoms with Crippen molar-refractivity contribution in [2.24, 2.45) is 22.2 Å². The molecule has 0 radical (unpaired) electrons. The standard InChI is InChI=1S/C14H22O/c1-12(2)6-4-5-10-11(15)13(3)7-8-14(10,12)9-13/h10H,4-9H2,1-3H3/t10-,13+,14+/m1/s1. The quantitative estimate of drug-likeness (QED) is 0.592. The predicted octanol–water partition coefficient (Wildman–Crippen LogP) is 3.57. The van der Waals surface area contributed by atoms with Crippen molar-refractivity contribution in [1.29, 1.82) is 0 Å². The molecule has 3 fully saturated rings. The van der Waals surface area contributed by atoms with Gasteiger partial charge in [0.25, 0.3) is 0 Å². The van der Waals surface area contributed by atoms with Crippen LogP contribution in [0, 0.1) is 22.2 Å². The van der Waals surface area contributed by atoms with Crippen LogP contribution in [0.25, 0.3) is 0 Å². The molecular weight excluding hydrogens is 184 g/mol. The van der Waals surface area contributed by atoms with Crippen LogP contribution in [-0.2, 0) is 4.79 Å². The van der Waals surface area contributed by atoms with Crippen molar-refractivity contribution in [1.82, 2.24) is 0 Å². The van der Waals surface area contributed by atoms with Crippen molar-refractivity contribution in [2.45, 2.75) is 59.3 Å². The molecule has 0 amide bonds. The molecule has 0 aromatic heterocycles. The van der Waals surface area contributed by atoms with Crippen LogP contribution in [-0.4, -0.2) is 5.78 Å². The Kier molecular flexibility index (Phi) is 1.64. The Morgan fingerprint density at radius 1 is 1.13 bits per heavy atom. The van der Waals surface area contributed by atoms with Gasteiger partial charge in [-0.05, 0) is 42.9 Å². The van der Waals surface area contributed by atoms with Gasteiger partial charge in [-0.3, -0.25) is 4.79 Å². The van der Waals surface area contributed by atoms with Gasteiger partial charge in [-0.2, -0.15) is 0 Å². The molecule has 2 bridgehead atoms. The fourth-order valence-corrected chi connectivity index (χ4v) is 5.01. The summed E-state index contributed by atoms with van der Waals surface area (Å²) < 4.78 is 0. The number of hydrogen-bond donors (Lipinski definition) is 0. The van der Waals surface area contributed by atoms with E-state index >= 15 is 0 Å². The van der Waals surface area contributed by atoms with Gasteiger partial charge in [-0.15, -0.1) is 0 Å². The average Bonchev–Trinajstić information content (AvgIpc) is 2.60. The molecule has 0 unspecified atom stereocenters. The van der Waals surface area contributed by atoms with Gasteiger partial charge in [0.15, 0.2) is 0 Å². The average molecular weight is 206 g/mol. The molecule has 0 aliphatic heterocycles. The minimum absolute atomic E-state index is 0.0618. The second kappa shape index (κ2) is 2.49. The van der Waals surface area contributed by atoms with Crippen LogP contribution in [0.5, 0.6) is 0 Å². The van der Waals surface area contributed by atoms with E-state index in [1.807, 2.05) is 0 Å². The first-order valence-corrected chi connectivity index (χ1v) is 6.46. The number of ketones is 1. The third-order valence-corrected chi connectivity index (χ3v) is 6.05. The van der Waals surface area contributed by atoms with Crippen LogP contribution in [0.15, 0.2) is 0 Å². The van der Waals surface area contributed by atoms with Crippen LogP contribution >= 0.6 is 0 Å². The fraction of sp³-hybridized carbons (Fsp3) is 0.929. The van der Waals surface area contributed by atoms with Crippen LogP contribution in [0.1, 0.15) is 59.3 Å². The van der Waals surface area contributed by atoms with E-state index in [0.29, 0.717) is 22.5 Å². The zero-order chi connectivity index (χ0) is 10.9. The Balaban J connectivity index is 2.10. The minimum Gasteiger partial charge on any atom is -0.299 e. The van der Waals surface area contributed by atoms with Crippen LogP contribution < -0.4 is 0 Å². The number of carbonyl (C=O) groups excluding carboxylic acids is 1. The van der Waals surface area contributed by atoms with E-state index in [2.05, 4.69) is 20.8 Å². The lowest BCUT2D eigenvalue weighted by molar-refractivity contribution is -0.136. The Hall–Kier alpha value is -0.330. The highest BCUT2D eigenvalue weighted by atomic mass is 16.1. The molecule has 3 aliphatic carbocycles. The summed E-state index contributed by atoms with van der Waals surface area (Å²) in [5.41, 5.74) is 0.850. The lowest BCUT2D eigenvalue weighted by Crippen LogP contribution is -2.46. The Morgan fingerprint density at radius 2 is 1.87 bits per heavy atom. The topological polar surface area (TPSA) is 17.1 Å². The summed E-state index contributed by atoms with van der Waals surface area (Å²) in [6.07, 6.45) is 7.43. The highest BCUT2D eigenvalue weighted by molar-refractivity contribution is 5.91. The molecule has 84 valence electrons. The molecule has 3 saturated carbocycles. The molecule has 0 aromatic carbocycles. The van der Waals surface area contributed by atoms with Crippen molar-refractivity contribution in [2.75, 3.05) is 0 Å². The smallest absolute Gasteiger partial charge is 0.142 e. The summed E-state index contributed by atoms with van der Waals surface area (Å²) >= 11 is 0. The number of fused-ring (bicyclic) bond motifs is 1. The third kappa shape index (κ3) is 0.933. The Bertz CT molecular complexity index is 330. The monoisotopic (exact) mass is 206 g/mol. The van der Waals surface area contributed by atoms with E-state index in [0.717, 1.165) is 6.42 Å². The fourth-order valence-electron chi connectivity index (χ4n) is 5.01. The largest absolute Gasteiger partial charge is 0.299 e. The summed E-state index contributed by atoms with van der Waals surface area (Å²) in [5, 5.41) is 0. The molecule has 1 heteroatoms. The number of carbonyl (C=O) groups is 1. The normalized spacial score (nSPS) is 51.9. The van der Waals surface area contributed by atoms with Crippen LogP contribution in [0.3, 0.4) is 0 Å². The van der Waals surface area contributed by atoms with Gasteiger partial charge in [0.1, 0.15) is 5.78 Å². The molecule has 3 atom stereocenters. The predicted molar refractivity (Wildman–Crippen MR) is 60.5 cm³/mol. The lowest BCUT2D eigenvalue weighted by atomic mass is 9.53. The third-order valence-electron chi connectivity index (χ3n) is 6.05. The molecule has 0 saturated heterocycles. The second-order valence-electron chi connectivity index (χ2n) is 7.09. The van der Waals surface area contributed by atoms with Crippen molar-refractivity contribution in [3.8, 4) is 0 Å². The van der Waals surface area contributed by atoms with E-state index in [4.69, 9.17) is 0 Å². The highest BCUT2D eigenvalue weighted by Gasteiger charge is 2.68. The second-order valence-corrected chi connectivity index (χ2v) is 7.09. The molecule has 0 aromatic rings. The zero-order valence-electron chi connectivity index (χ0n) is 10.2. The first-order valence-electron chi connectivity index (χ1n) is 6.46. The van der Waals surface area contributed by atoms with Gasteiger partial charge in [0.05, 0.1) is 0 Å². The maximum atomic E-state index is 12.4. The van der Waals surface area contributed by atoms with Crippen LogP contribution in [0.4, 0.5) is 0 Å². The Morgan fingerprint density at radius 3 is 2.53 bits per heavy atom. The van der Waals surface area contributed by atoms with Crippen LogP contribution in [0.2, 0.25) is 0 Å². The highest BCUT2D eigenvalue weighted by Crippen LogP contribution is 2.72. The summed E-state index contributed by atoms with van der Waals surface area (Å²) in [7, 11) is 0. The van der Waals surface area contributed by atoms with E-state index in [1.165, 1.54) is 32.1 Å². The number of hydrogen-bond acceptors (Lipinski definition) is 1. The molecule has 3 aliphatic rings. The molecule has 1 nitrogen and oxygen atoms in total. The van der Waals surface area contributed by atoms with Crippen molar-refractivity contribution in [3.05, 3.63) is 0 Å². The maximum absolute atomic E-state index is 12.4. The van der Waals surface area contributed by atoms with Gasteiger partial charge in [0.2, 0.25) is 0 Å². The van der Waals surface area contributed by atoms with Gasteiger partial charge in [-0.1, -0.05) is 27.2 Å². The van der Waals surface area contributed by atoms with E-state index in [1.54, 1.807) is 0 Å². The summed E-state index contributed by atoms with van der Waals surface area (Å²) in [6, 6.07) is 0. The molecule has 0 N–H and O–H groups in total. The minimum atomic E-state index is 0.0618. The molecule has 15 heavy (non-hydrogen) atoms. The first-order chi connectivity index (χ1) is 6.91. The zero-order valence-corrected chi connectivity index (χ0v) is 10.2. The van der Waals surface area contributed by atoms with E-state index < -0.39 is 0 Å². The van der Waals surface area contributed by atoms with E-state index in [9.17, 15) is 4.79 Å². The lowest BCUT2D eigenvalue weighted by Gasteiger charge is -2.51. The maximum Gasteiger partial charge on any atom is 0.142 e.